The zero-order valence-electron chi connectivity index (χ0n) is 21.0. The fourth-order valence-electron chi connectivity index (χ4n) is 4.70. The van der Waals surface area contributed by atoms with Crippen molar-refractivity contribution in [3.05, 3.63) is 105 Å². The minimum absolute atomic E-state index is 0.00333. The Balaban J connectivity index is 1.57. The Labute approximate surface area is 237 Å². The Morgan fingerprint density at radius 2 is 1.68 bits per heavy atom. The number of rotatable bonds is 11. The van der Waals surface area contributed by atoms with Crippen molar-refractivity contribution < 1.29 is 14.0 Å². The summed E-state index contributed by atoms with van der Waals surface area (Å²) in [5.41, 5.74) is 2.18. The molecule has 1 atom stereocenters. The molecule has 8 heteroatoms. The molecule has 0 aromatic heterocycles. The van der Waals surface area contributed by atoms with Crippen LogP contribution in [0, 0.1) is 5.82 Å². The third kappa shape index (κ3) is 7.98. The van der Waals surface area contributed by atoms with Gasteiger partial charge >= 0.3 is 0 Å². The number of halogens is 3. The summed E-state index contributed by atoms with van der Waals surface area (Å²) in [6, 6.07) is 20.6. The highest BCUT2D eigenvalue weighted by Gasteiger charge is 2.32. The average Bonchev–Trinajstić information content (AvgIpc) is 3.42. The van der Waals surface area contributed by atoms with Crippen LogP contribution in [0.4, 0.5) is 4.39 Å². The van der Waals surface area contributed by atoms with E-state index < -0.39 is 11.9 Å². The molecule has 3 aromatic carbocycles. The lowest BCUT2D eigenvalue weighted by Crippen LogP contribution is -2.52. The van der Waals surface area contributed by atoms with Crippen molar-refractivity contribution in [2.75, 3.05) is 5.75 Å². The summed E-state index contributed by atoms with van der Waals surface area (Å²) in [5.74, 6) is -0.204. The summed E-state index contributed by atoms with van der Waals surface area (Å²) in [4.78, 5) is 28.9. The number of amides is 2. The second kappa shape index (κ2) is 14.0. The summed E-state index contributed by atoms with van der Waals surface area (Å²) in [6.45, 7) is 0.00333. The maximum absolute atomic E-state index is 14.7. The fraction of sp³-hybridized carbons (Fsp3) is 0.333. The van der Waals surface area contributed by atoms with Crippen molar-refractivity contribution in [3.63, 3.8) is 0 Å². The Morgan fingerprint density at radius 1 is 0.974 bits per heavy atom. The summed E-state index contributed by atoms with van der Waals surface area (Å²) in [5, 5.41) is 4.26. The molecule has 38 heavy (non-hydrogen) atoms. The molecule has 0 saturated heterocycles. The molecular weight excluding hydrogens is 542 g/mol. The first-order chi connectivity index (χ1) is 18.4. The number of thioether (sulfide) groups is 1. The number of benzene rings is 3. The van der Waals surface area contributed by atoms with Gasteiger partial charge in [0.05, 0.1) is 5.75 Å². The lowest BCUT2D eigenvalue weighted by molar-refractivity contribution is -0.139. The van der Waals surface area contributed by atoms with Crippen molar-refractivity contribution in [2.45, 2.75) is 56.5 Å². The molecule has 2 amide bonds. The molecular formula is C30H31Cl2FN2O2S. The van der Waals surface area contributed by atoms with Gasteiger partial charge in [-0.25, -0.2) is 4.39 Å². The van der Waals surface area contributed by atoms with E-state index in [1.54, 1.807) is 30.3 Å². The van der Waals surface area contributed by atoms with Crippen LogP contribution in [-0.2, 0) is 28.3 Å². The van der Waals surface area contributed by atoms with E-state index in [1.165, 1.54) is 22.7 Å². The van der Waals surface area contributed by atoms with Crippen molar-refractivity contribution in [1.82, 2.24) is 10.2 Å². The van der Waals surface area contributed by atoms with Gasteiger partial charge in [-0.15, -0.1) is 11.8 Å². The minimum atomic E-state index is -0.773. The lowest BCUT2D eigenvalue weighted by atomic mass is 10.0. The predicted octanol–water partition coefficient (Wildman–Crippen LogP) is 7.06. The molecule has 0 heterocycles. The third-order valence-electron chi connectivity index (χ3n) is 6.77. The van der Waals surface area contributed by atoms with Gasteiger partial charge in [0.1, 0.15) is 11.9 Å². The van der Waals surface area contributed by atoms with Crippen LogP contribution < -0.4 is 5.32 Å². The van der Waals surface area contributed by atoms with Gasteiger partial charge in [-0.3, -0.25) is 9.59 Å². The summed E-state index contributed by atoms with van der Waals surface area (Å²) in [7, 11) is 0. The predicted molar refractivity (Wildman–Crippen MR) is 154 cm³/mol. The maximum atomic E-state index is 14.7. The molecule has 0 radical (unpaired) electrons. The molecule has 4 nitrogen and oxygen atoms in total. The zero-order chi connectivity index (χ0) is 26.9. The van der Waals surface area contributed by atoms with Gasteiger partial charge in [0, 0.05) is 40.4 Å². The van der Waals surface area contributed by atoms with E-state index >= 15 is 0 Å². The van der Waals surface area contributed by atoms with Gasteiger partial charge in [-0.1, -0.05) is 90.6 Å². The van der Waals surface area contributed by atoms with E-state index in [0.29, 0.717) is 27.8 Å². The molecule has 0 unspecified atom stereocenters. The Kier molecular flexibility index (Phi) is 10.5. The van der Waals surface area contributed by atoms with E-state index in [2.05, 4.69) is 5.32 Å². The van der Waals surface area contributed by atoms with Crippen LogP contribution in [0.1, 0.15) is 42.4 Å². The number of carbonyl (C=O) groups excluding carboxylic acids is 2. The Hall–Kier alpha value is -2.54. The number of carbonyl (C=O) groups is 2. The smallest absolute Gasteiger partial charge is 0.243 e. The average molecular weight is 574 g/mol. The number of hydrogen-bond donors (Lipinski definition) is 1. The second-order valence-corrected chi connectivity index (χ2v) is 11.4. The van der Waals surface area contributed by atoms with Gasteiger partial charge in [0.2, 0.25) is 11.8 Å². The van der Waals surface area contributed by atoms with Crippen LogP contribution in [0.3, 0.4) is 0 Å². The number of hydrogen-bond acceptors (Lipinski definition) is 3. The first kappa shape index (κ1) is 28.5. The minimum Gasteiger partial charge on any atom is -0.352 e. The van der Waals surface area contributed by atoms with E-state index in [0.717, 1.165) is 36.8 Å². The van der Waals surface area contributed by atoms with Crippen molar-refractivity contribution in [1.29, 1.82) is 0 Å². The van der Waals surface area contributed by atoms with Gasteiger partial charge in [0.25, 0.3) is 0 Å². The molecule has 1 fully saturated rings. The molecule has 3 aromatic rings. The van der Waals surface area contributed by atoms with E-state index in [9.17, 15) is 14.0 Å². The van der Waals surface area contributed by atoms with Crippen LogP contribution >= 0.6 is 35.0 Å². The molecule has 4 rings (SSSR count). The van der Waals surface area contributed by atoms with Gasteiger partial charge in [-0.2, -0.15) is 0 Å². The van der Waals surface area contributed by atoms with E-state index in [1.807, 2.05) is 36.4 Å². The first-order valence-corrected chi connectivity index (χ1v) is 14.7. The Bertz CT molecular complexity index is 1240. The van der Waals surface area contributed by atoms with Crippen molar-refractivity contribution >= 4 is 46.8 Å². The molecule has 1 saturated carbocycles. The topological polar surface area (TPSA) is 49.4 Å². The lowest BCUT2D eigenvalue weighted by Gasteiger charge is -2.32. The second-order valence-electron chi connectivity index (χ2n) is 9.54. The normalized spacial score (nSPS) is 14.3. The highest BCUT2D eigenvalue weighted by atomic mass is 35.5. The quantitative estimate of drug-likeness (QED) is 0.267. The van der Waals surface area contributed by atoms with Gasteiger partial charge in [0.15, 0.2) is 0 Å². The SMILES string of the molecule is O=C(NC1CCCC1)[C@H](Cc1ccccc1)N(Cc1ccccc1F)C(=O)CSCc1ccc(Cl)cc1Cl. The standard InChI is InChI=1S/C30H31Cl2FN2O2S/c31-24-15-14-23(26(32)17-24)19-38-20-29(36)35(18-22-10-4-7-13-27(22)33)28(16-21-8-2-1-3-9-21)30(37)34-25-11-5-6-12-25/h1-4,7-10,13-15,17,25,28H,5-6,11-12,16,18-20H2,(H,34,37)/t28-/m0/s1. The highest BCUT2D eigenvalue weighted by Crippen LogP contribution is 2.26. The molecule has 200 valence electrons. The molecule has 0 aliphatic heterocycles. The molecule has 1 aliphatic rings. The summed E-state index contributed by atoms with van der Waals surface area (Å²) in [6.07, 6.45) is 4.37. The fourth-order valence-corrected chi connectivity index (χ4v) is 6.17. The summed E-state index contributed by atoms with van der Waals surface area (Å²) >= 11 is 13.7. The monoisotopic (exact) mass is 572 g/mol. The van der Waals surface area contributed by atoms with Crippen molar-refractivity contribution in [3.8, 4) is 0 Å². The zero-order valence-corrected chi connectivity index (χ0v) is 23.4. The molecule has 1 N–H and O–H groups in total. The molecule has 0 spiro atoms. The largest absolute Gasteiger partial charge is 0.352 e. The summed E-state index contributed by atoms with van der Waals surface area (Å²) < 4.78 is 14.7. The van der Waals surface area contributed by atoms with Crippen LogP contribution in [0.2, 0.25) is 10.0 Å². The van der Waals surface area contributed by atoms with Crippen LogP contribution in [0.5, 0.6) is 0 Å². The van der Waals surface area contributed by atoms with Gasteiger partial charge < -0.3 is 10.2 Å². The molecule has 1 aliphatic carbocycles. The Morgan fingerprint density at radius 3 is 2.39 bits per heavy atom. The maximum Gasteiger partial charge on any atom is 0.243 e. The van der Waals surface area contributed by atoms with Gasteiger partial charge in [-0.05, 0) is 42.2 Å². The number of nitrogens with one attached hydrogen (secondary N) is 1. The first-order valence-electron chi connectivity index (χ1n) is 12.8. The van der Waals surface area contributed by atoms with Crippen LogP contribution in [0.15, 0.2) is 72.8 Å². The third-order valence-corrected chi connectivity index (χ3v) is 8.32. The van der Waals surface area contributed by atoms with E-state index in [4.69, 9.17) is 23.2 Å². The number of nitrogens with zero attached hydrogens (tertiary/aromatic N) is 1. The van der Waals surface area contributed by atoms with E-state index in [-0.39, 0.29) is 30.2 Å². The highest BCUT2D eigenvalue weighted by molar-refractivity contribution is 7.99. The van der Waals surface area contributed by atoms with Crippen LogP contribution in [-0.4, -0.2) is 34.6 Å². The van der Waals surface area contributed by atoms with Crippen molar-refractivity contribution in [2.24, 2.45) is 0 Å². The van der Waals surface area contributed by atoms with Crippen LogP contribution in [0.25, 0.3) is 0 Å². The molecule has 0 bridgehead atoms.